The molecular weight excluding hydrogens is 508 g/mol. The zero-order chi connectivity index (χ0) is 26.3. The number of hydrogen-bond donors (Lipinski definition) is 1. The van der Waals surface area contributed by atoms with Crippen LogP contribution in [-0.4, -0.2) is 22.5 Å². The predicted octanol–water partition coefficient (Wildman–Crippen LogP) is 6.54. The van der Waals surface area contributed by atoms with E-state index in [2.05, 4.69) is 0 Å². The summed E-state index contributed by atoms with van der Waals surface area (Å²) in [6, 6.07) is 7.97. The molecule has 3 aromatic carbocycles. The van der Waals surface area contributed by atoms with Crippen LogP contribution >= 0.6 is 0 Å². The van der Waals surface area contributed by atoms with E-state index >= 15 is 0 Å². The van der Waals surface area contributed by atoms with Crippen LogP contribution in [0.4, 0.5) is 46.5 Å². The van der Waals surface area contributed by atoms with Crippen molar-refractivity contribution in [1.29, 1.82) is 0 Å². The normalized spacial score (nSPS) is 12.5. The Morgan fingerprint density at radius 2 is 1.26 bits per heavy atom. The maximum atomic E-state index is 14.1. The van der Waals surface area contributed by atoms with Gasteiger partial charge in [0.15, 0.2) is 11.6 Å². The topological polar surface area (TPSA) is 49.4 Å². The summed E-state index contributed by atoms with van der Waals surface area (Å²) in [5.41, 5.74) is -6.55. The van der Waals surface area contributed by atoms with Gasteiger partial charge < -0.3 is 4.90 Å². The van der Waals surface area contributed by atoms with E-state index in [-0.39, 0.29) is 30.0 Å². The molecule has 0 fully saturated rings. The molecule has 0 radical (unpaired) electrons. The molecule has 0 aliphatic carbocycles. The second kappa shape index (κ2) is 9.02. The Morgan fingerprint density at radius 1 is 0.771 bits per heavy atom. The molecule has 0 heterocycles. The summed E-state index contributed by atoms with van der Waals surface area (Å²) in [4.78, 5) is -0.450. The molecule has 13 heteroatoms. The molecule has 0 saturated carbocycles. The monoisotopic (exact) mass is 524 g/mol. The van der Waals surface area contributed by atoms with E-state index < -0.39 is 66.8 Å². The van der Waals surface area contributed by atoms with Gasteiger partial charge in [0.2, 0.25) is 0 Å². The lowest BCUT2D eigenvalue weighted by Crippen LogP contribution is -2.22. The number of benzene rings is 3. The number of hydrogen-bond acceptors (Lipinski definition) is 3. The third-order valence-corrected chi connectivity index (χ3v) is 6.24. The summed E-state index contributed by atoms with van der Waals surface area (Å²) in [5, 5.41) is 0. The van der Waals surface area contributed by atoms with Gasteiger partial charge in [-0.2, -0.15) is 26.3 Å². The first-order valence-electron chi connectivity index (χ1n) is 9.59. The molecule has 0 aromatic heterocycles. The van der Waals surface area contributed by atoms with E-state index in [4.69, 9.17) is 0 Å². The van der Waals surface area contributed by atoms with Gasteiger partial charge in [0, 0.05) is 25.3 Å². The van der Waals surface area contributed by atoms with Gasteiger partial charge in [0.25, 0.3) is 10.0 Å². The van der Waals surface area contributed by atoms with Crippen LogP contribution in [0.5, 0.6) is 0 Å². The number of nitrogens with one attached hydrogen (secondary N) is 1. The van der Waals surface area contributed by atoms with Crippen molar-refractivity contribution in [2.24, 2.45) is 0 Å². The number of sulfonamides is 1. The Hall–Kier alpha value is -3.35. The van der Waals surface area contributed by atoms with Crippen molar-refractivity contribution in [2.45, 2.75) is 17.2 Å². The van der Waals surface area contributed by atoms with Gasteiger partial charge in [-0.1, -0.05) is 18.2 Å². The fraction of sp³-hybridized carbons (Fsp3) is 0.182. The Bertz CT molecular complexity index is 1320. The van der Waals surface area contributed by atoms with Gasteiger partial charge in [0.1, 0.15) is 0 Å². The average Bonchev–Trinajstić information content (AvgIpc) is 2.73. The Kier molecular flexibility index (Phi) is 6.77. The lowest BCUT2D eigenvalue weighted by atomic mass is 9.96. The van der Waals surface area contributed by atoms with E-state index in [0.29, 0.717) is 4.90 Å². The highest BCUT2D eigenvalue weighted by atomic mass is 32.2. The molecule has 0 unspecified atom stereocenters. The first-order chi connectivity index (χ1) is 16.0. The lowest BCUT2D eigenvalue weighted by Gasteiger charge is -2.25. The number of anilines is 2. The number of halogens is 8. The van der Waals surface area contributed by atoms with Crippen molar-refractivity contribution in [3.05, 3.63) is 77.4 Å². The third-order valence-electron chi connectivity index (χ3n) is 4.82. The SMILES string of the molecule is CN(C)c1c(C(F)(F)F)cc(-c2cc(F)c(F)cc2S(=O)(=O)Nc2ccccc2)cc1C(F)(F)F. The molecule has 0 aliphatic rings. The Balaban J connectivity index is 2.38. The van der Waals surface area contributed by atoms with Crippen LogP contribution in [0.1, 0.15) is 11.1 Å². The smallest absolute Gasteiger partial charge is 0.377 e. The van der Waals surface area contributed by atoms with Gasteiger partial charge in [-0.25, -0.2) is 17.2 Å². The van der Waals surface area contributed by atoms with E-state index in [1.54, 1.807) is 6.07 Å². The molecule has 4 nitrogen and oxygen atoms in total. The van der Waals surface area contributed by atoms with E-state index in [0.717, 1.165) is 14.1 Å². The molecule has 3 rings (SSSR count). The van der Waals surface area contributed by atoms with Crippen molar-refractivity contribution < 1.29 is 43.5 Å². The highest BCUT2D eigenvalue weighted by Crippen LogP contribution is 2.47. The highest BCUT2D eigenvalue weighted by molar-refractivity contribution is 7.92. The molecule has 0 atom stereocenters. The molecule has 1 N–H and O–H groups in total. The van der Waals surface area contributed by atoms with Gasteiger partial charge in [-0.05, 0) is 42.0 Å². The molecular formula is C22H16F8N2O2S. The fourth-order valence-electron chi connectivity index (χ4n) is 3.40. The van der Waals surface area contributed by atoms with Crippen LogP contribution in [0.15, 0.2) is 59.5 Å². The maximum Gasteiger partial charge on any atom is 0.418 e. The Labute approximate surface area is 194 Å². The number of para-hydroxylation sites is 1. The summed E-state index contributed by atoms with van der Waals surface area (Å²) in [7, 11) is -2.85. The Morgan fingerprint density at radius 3 is 1.71 bits per heavy atom. The predicted molar refractivity (Wildman–Crippen MR) is 113 cm³/mol. The lowest BCUT2D eigenvalue weighted by molar-refractivity contribution is -0.142. The van der Waals surface area contributed by atoms with Crippen LogP contribution in [0, 0.1) is 11.6 Å². The van der Waals surface area contributed by atoms with Crippen molar-refractivity contribution in [3.8, 4) is 11.1 Å². The largest absolute Gasteiger partial charge is 0.418 e. The summed E-state index contributed by atoms with van der Waals surface area (Å²) in [6.07, 6.45) is -10.6. The number of rotatable bonds is 5. The van der Waals surface area contributed by atoms with Crippen molar-refractivity contribution in [1.82, 2.24) is 0 Å². The second-order valence-corrected chi connectivity index (χ2v) is 9.19. The van der Waals surface area contributed by atoms with Gasteiger partial charge in [-0.3, -0.25) is 4.72 Å². The third kappa shape index (κ3) is 5.50. The van der Waals surface area contributed by atoms with Crippen molar-refractivity contribution in [2.75, 3.05) is 23.7 Å². The zero-order valence-electron chi connectivity index (χ0n) is 17.9. The molecule has 0 aliphatic heterocycles. The van der Waals surface area contributed by atoms with Gasteiger partial charge >= 0.3 is 12.4 Å². The maximum absolute atomic E-state index is 14.1. The van der Waals surface area contributed by atoms with E-state index in [1.807, 2.05) is 4.72 Å². The molecule has 35 heavy (non-hydrogen) atoms. The van der Waals surface area contributed by atoms with Gasteiger partial charge in [-0.15, -0.1) is 0 Å². The molecule has 0 saturated heterocycles. The van der Waals surface area contributed by atoms with E-state index in [1.165, 1.54) is 24.3 Å². The average molecular weight is 524 g/mol. The first kappa shape index (κ1) is 26.3. The van der Waals surface area contributed by atoms with Crippen molar-refractivity contribution >= 4 is 21.4 Å². The first-order valence-corrected chi connectivity index (χ1v) is 11.1. The molecule has 0 bridgehead atoms. The summed E-state index contributed by atoms with van der Waals surface area (Å²) >= 11 is 0. The van der Waals surface area contributed by atoms with Crippen LogP contribution in [0.25, 0.3) is 11.1 Å². The summed E-state index contributed by atoms with van der Waals surface area (Å²) in [5.74, 6) is -3.34. The van der Waals surface area contributed by atoms with Crippen molar-refractivity contribution in [3.63, 3.8) is 0 Å². The second-order valence-electron chi connectivity index (χ2n) is 7.54. The minimum Gasteiger partial charge on any atom is -0.377 e. The standard InChI is InChI=1S/C22H16F8N2O2S/c1-32(2)20-15(21(25,26)27)8-12(9-16(20)22(28,29)30)14-10-17(23)18(24)11-19(14)35(33,34)31-13-6-4-3-5-7-13/h3-11,31H,1-2H3. The van der Waals surface area contributed by atoms with Crippen LogP contribution in [0.3, 0.4) is 0 Å². The number of alkyl halides is 6. The minimum absolute atomic E-state index is 0.0295. The molecule has 0 amide bonds. The minimum atomic E-state index is -5.30. The highest BCUT2D eigenvalue weighted by Gasteiger charge is 2.42. The molecule has 3 aromatic rings. The van der Waals surface area contributed by atoms with Crippen LogP contribution < -0.4 is 9.62 Å². The number of nitrogens with zero attached hydrogens (tertiary/aromatic N) is 1. The fourth-order valence-corrected chi connectivity index (χ4v) is 4.68. The molecule has 188 valence electrons. The van der Waals surface area contributed by atoms with Crippen LogP contribution in [-0.2, 0) is 22.4 Å². The zero-order valence-corrected chi connectivity index (χ0v) is 18.7. The van der Waals surface area contributed by atoms with E-state index in [9.17, 15) is 43.5 Å². The van der Waals surface area contributed by atoms with Gasteiger partial charge in [0.05, 0.1) is 21.7 Å². The molecule has 0 spiro atoms. The summed E-state index contributed by atoms with van der Waals surface area (Å²) < 4.78 is 139. The van der Waals surface area contributed by atoms with Crippen LogP contribution in [0.2, 0.25) is 0 Å². The quantitative estimate of drug-likeness (QED) is 0.386. The summed E-state index contributed by atoms with van der Waals surface area (Å²) in [6.45, 7) is 0.